The van der Waals surface area contributed by atoms with Crippen LogP contribution in [-0.2, 0) is 9.59 Å². The summed E-state index contributed by atoms with van der Waals surface area (Å²) in [6, 6.07) is 0. The minimum atomic E-state index is -0.189. The average molecular weight is 141 g/mol. The first-order valence-electron chi connectivity index (χ1n) is 3.09. The van der Waals surface area contributed by atoms with E-state index in [9.17, 15) is 9.59 Å². The lowest BCUT2D eigenvalue weighted by Crippen LogP contribution is -2.51. The topological polar surface area (TPSA) is 49.4 Å². The van der Waals surface area contributed by atoms with Crippen molar-refractivity contribution in [2.45, 2.75) is 0 Å². The minimum absolute atomic E-state index is 0.189. The summed E-state index contributed by atoms with van der Waals surface area (Å²) >= 11 is 0. The maximum Gasteiger partial charge on any atom is 0.243 e. The van der Waals surface area contributed by atoms with E-state index in [1.54, 1.807) is 0 Å². The molecule has 1 aliphatic rings. The molecule has 0 saturated carbocycles. The summed E-state index contributed by atoms with van der Waals surface area (Å²) in [5.41, 5.74) is 0. The van der Waals surface area contributed by atoms with Gasteiger partial charge in [0.1, 0.15) is 0 Å². The fraction of sp³-hybridized carbons (Fsp3) is 0.500. The van der Waals surface area contributed by atoms with Crippen molar-refractivity contribution in [3.8, 4) is 0 Å². The Balaban J connectivity index is 2.62. The molecule has 4 heteroatoms. The van der Waals surface area contributed by atoms with Crippen LogP contribution in [0.15, 0.2) is 0 Å². The van der Waals surface area contributed by atoms with E-state index >= 15 is 0 Å². The van der Waals surface area contributed by atoms with Gasteiger partial charge in [0.25, 0.3) is 0 Å². The summed E-state index contributed by atoms with van der Waals surface area (Å²) in [4.78, 5) is 22.8. The molecule has 1 radical (unpaired) electrons. The van der Waals surface area contributed by atoms with Crippen LogP contribution in [-0.4, -0.2) is 36.3 Å². The van der Waals surface area contributed by atoms with Crippen LogP contribution in [0.2, 0.25) is 0 Å². The number of carbonyl (C=O) groups is 2. The molecule has 1 N–H and O–H groups in total. The van der Waals surface area contributed by atoms with Crippen molar-refractivity contribution in [3.63, 3.8) is 0 Å². The van der Waals surface area contributed by atoms with Gasteiger partial charge >= 0.3 is 0 Å². The first-order chi connectivity index (χ1) is 4.75. The molecule has 1 fully saturated rings. The molecule has 0 unspecified atom stereocenters. The summed E-state index contributed by atoms with van der Waals surface area (Å²) in [5.74, 6) is -0.377. The van der Waals surface area contributed by atoms with Gasteiger partial charge in [-0.3, -0.25) is 19.8 Å². The molecule has 2 amide bonds. The first-order valence-corrected chi connectivity index (χ1v) is 3.09. The van der Waals surface area contributed by atoms with Crippen LogP contribution in [0.3, 0.4) is 0 Å². The lowest BCUT2D eigenvalue weighted by atomic mass is 10.3. The second-order valence-corrected chi connectivity index (χ2v) is 2.04. The van der Waals surface area contributed by atoms with Crippen molar-refractivity contribution < 1.29 is 9.59 Å². The molecule has 1 saturated heterocycles. The highest BCUT2D eigenvalue weighted by atomic mass is 16.2. The standard InChI is InChI=1S/C6H9N2O2/c1-2-8-5(9)3-7-4-6(8)10/h7H,1-4H2. The fourth-order valence-electron chi connectivity index (χ4n) is 0.856. The Morgan fingerprint density at radius 3 is 2.20 bits per heavy atom. The molecule has 1 aliphatic heterocycles. The number of nitrogens with one attached hydrogen (secondary N) is 1. The highest BCUT2D eigenvalue weighted by Gasteiger charge is 2.23. The first kappa shape index (κ1) is 7.21. The molecule has 55 valence electrons. The molecule has 10 heavy (non-hydrogen) atoms. The Hall–Kier alpha value is -0.900. The van der Waals surface area contributed by atoms with Crippen LogP contribution in [0.25, 0.3) is 0 Å². The SMILES string of the molecule is [CH2]CN1C(=O)CNCC1=O. The van der Waals surface area contributed by atoms with Crippen molar-refractivity contribution in [2.24, 2.45) is 0 Å². The molecule has 0 bridgehead atoms. The van der Waals surface area contributed by atoms with Gasteiger partial charge in [-0.1, -0.05) is 0 Å². The van der Waals surface area contributed by atoms with E-state index in [0.29, 0.717) is 0 Å². The van der Waals surface area contributed by atoms with Crippen LogP contribution >= 0.6 is 0 Å². The van der Waals surface area contributed by atoms with Gasteiger partial charge < -0.3 is 0 Å². The number of hydrogen-bond donors (Lipinski definition) is 1. The zero-order chi connectivity index (χ0) is 7.56. The predicted molar refractivity (Wildman–Crippen MR) is 34.9 cm³/mol. The number of amides is 2. The van der Waals surface area contributed by atoms with E-state index in [-0.39, 0.29) is 31.4 Å². The van der Waals surface area contributed by atoms with Crippen LogP contribution in [0.4, 0.5) is 0 Å². The van der Waals surface area contributed by atoms with Gasteiger partial charge in [0.05, 0.1) is 13.1 Å². The lowest BCUT2D eigenvalue weighted by Gasteiger charge is -2.23. The van der Waals surface area contributed by atoms with E-state index in [1.807, 2.05) is 0 Å². The molecule has 0 spiro atoms. The van der Waals surface area contributed by atoms with Gasteiger partial charge in [-0.15, -0.1) is 0 Å². The van der Waals surface area contributed by atoms with Gasteiger partial charge in [-0.05, 0) is 6.92 Å². The Morgan fingerprint density at radius 2 is 1.90 bits per heavy atom. The summed E-state index contributed by atoms with van der Waals surface area (Å²) < 4.78 is 0. The largest absolute Gasteiger partial charge is 0.300 e. The zero-order valence-corrected chi connectivity index (χ0v) is 5.59. The number of nitrogens with zero attached hydrogens (tertiary/aromatic N) is 1. The molecule has 4 nitrogen and oxygen atoms in total. The fourth-order valence-corrected chi connectivity index (χ4v) is 0.856. The second kappa shape index (κ2) is 2.79. The Morgan fingerprint density at radius 1 is 1.40 bits per heavy atom. The van der Waals surface area contributed by atoms with Crippen molar-refractivity contribution in [3.05, 3.63) is 6.92 Å². The van der Waals surface area contributed by atoms with E-state index in [1.165, 1.54) is 0 Å². The van der Waals surface area contributed by atoms with Crippen LogP contribution in [0.1, 0.15) is 0 Å². The third kappa shape index (κ3) is 1.16. The quantitative estimate of drug-likeness (QED) is 0.465. The van der Waals surface area contributed by atoms with Crippen molar-refractivity contribution in [1.82, 2.24) is 10.2 Å². The Kier molecular flexibility index (Phi) is 2.01. The molecule has 0 atom stereocenters. The van der Waals surface area contributed by atoms with Crippen LogP contribution in [0, 0.1) is 6.92 Å². The van der Waals surface area contributed by atoms with Gasteiger partial charge in [0, 0.05) is 6.54 Å². The van der Waals surface area contributed by atoms with E-state index < -0.39 is 0 Å². The van der Waals surface area contributed by atoms with Gasteiger partial charge in [0.2, 0.25) is 11.8 Å². The number of hydrogen-bond acceptors (Lipinski definition) is 3. The number of carbonyl (C=O) groups excluding carboxylic acids is 2. The molecule has 0 aromatic heterocycles. The van der Waals surface area contributed by atoms with Crippen molar-refractivity contribution in [2.75, 3.05) is 19.6 Å². The highest BCUT2D eigenvalue weighted by molar-refractivity contribution is 5.99. The summed E-state index contributed by atoms with van der Waals surface area (Å²) in [7, 11) is 0. The molecule has 0 aromatic carbocycles. The molecule has 0 aromatic rings. The third-order valence-corrected chi connectivity index (χ3v) is 1.38. The molecular formula is C6H9N2O2. The van der Waals surface area contributed by atoms with Gasteiger partial charge in [-0.2, -0.15) is 0 Å². The summed E-state index contributed by atoms with van der Waals surface area (Å²) in [5, 5.41) is 2.68. The molecular weight excluding hydrogens is 132 g/mol. The molecule has 1 rings (SSSR count). The number of rotatable bonds is 1. The van der Waals surface area contributed by atoms with E-state index in [0.717, 1.165) is 4.90 Å². The predicted octanol–water partition coefficient (Wildman–Crippen LogP) is -1.22. The highest BCUT2D eigenvalue weighted by Crippen LogP contribution is 1.93. The number of imide groups is 1. The Bertz CT molecular complexity index is 151. The minimum Gasteiger partial charge on any atom is -0.300 e. The normalized spacial score (nSPS) is 19.9. The molecule has 0 aliphatic carbocycles. The maximum atomic E-state index is 10.8. The summed E-state index contributed by atoms with van der Waals surface area (Å²) in [6.45, 7) is 4.20. The molecule has 1 heterocycles. The summed E-state index contributed by atoms with van der Waals surface area (Å²) in [6.07, 6.45) is 0. The van der Waals surface area contributed by atoms with Crippen molar-refractivity contribution in [1.29, 1.82) is 0 Å². The average Bonchev–Trinajstić information content (AvgIpc) is 1.88. The third-order valence-electron chi connectivity index (χ3n) is 1.38. The van der Waals surface area contributed by atoms with E-state index in [2.05, 4.69) is 12.2 Å². The zero-order valence-electron chi connectivity index (χ0n) is 5.59. The van der Waals surface area contributed by atoms with Gasteiger partial charge in [-0.25, -0.2) is 0 Å². The maximum absolute atomic E-state index is 10.8. The van der Waals surface area contributed by atoms with Gasteiger partial charge in [0.15, 0.2) is 0 Å². The van der Waals surface area contributed by atoms with Crippen molar-refractivity contribution >= 4 is 11.8 Å². The lowest BCUT2D eigenvalue weighted by molar-refractivity contribution is -0.145. The number of piperazine rings is 1. The van der Waals surface area contributed by atoms with Crippen LogP contribution < -0.4 is 5.32 Å². The second-order valence-electron chi connectivity index (χ2n) is 2.04. The van der Waals surface area contributed by atoms with E-state index in [4.69, 9.17) is 0 Å². The monoisotopic (exact) mass is 141 g/mol. The smallest absolute Gasteiger partial charge is 0.243 e. The Labute approximate surface area is 59.2 Å². The van der Waals surface area contributed by atoms with Crippen LogP contribution in [0.5, 0.6) is 0 Å².